The summed E-state index contributed by atoms with van der Waals surface area (Å²) >= 11 is 1.79. The predicted molar refractivity (Wildman–Crippen MR) is 88.2 cm³/mol. The van der Waals surface area contributed by atoms with Crippen LogP contribution in [0, 0.1) is 0 Å². The van der Waals surface area contributed by atoms with Crippen LogP contribution in [0.5, 0.6) is 5.75 Å². The normalized spacial score (nSPS) is 18.6. The van der Waals surface area contributed by atoms with E-state index in [0.29, 0.717) is 5.92 Å². The lowest BCUT2D eigenvalue weighted by molar-refractivity contribution is 0.317. The molecule has 2 aromatic rings. The maximum Gasteiger partial charge on any atom is 0.119 e. The van der Waals surface area contributed by atoms with Crippen LogP contribution in [0.1, 0.15) is 37.1 Å². The highest BCUT2D eigenvalue weighted by molar-refractivity contribution is 7.10. The molecule has 1 atom stereocenters. The lowest BCUT2D eigenvalue weighted by Crippen LogP contribution is -2.28. The van der Waals surface area contributed by atoms with Gasteiger partial charge >= 0.3 is 0 Å². The number of hydrogen-bond acceptors (Lipinski definition) is 4. The fraction of sp³-hybridized carbons (Fsp3) is 0.471. The zero-order valence-electron chi connectivity index (χ0n) is 12.5. The van der Waals surface area contributed by atoms with Gasteiger partial charge in [-0.2, -0.15) is 0 Å². The van der Waals surface area contributed by atoms with Gasteiger partial charge < -0.3 is 10.1 Å². The molecule has 0 spiro atoms. The van der Waals surface area contributed by atoms with Gasteiger partial charge in [-0.25, -0.2) is 4.98 Å². The van der Waals surface area contributed by atoms with Crippen molar-refractivity contribution in [3.8, 4) is 17.0 Å². The van der Waals surface area contributed by atoms with Crippen LogP contribution in [0.4, 0.5) is 0 Å². The summed E-state index contributed by atoms with van der Waals surface area (Å²) in [6.45, 7) is 5.10. The van der Waals surface area contributed by atoms with Crippen LogP contribution in [-0.4, -0.2) is 24.7 Å². The minimum atomic E-state index is 0.588. The Labute approximate surface area is 130 Å². The molecule has 1 aliphatic heterocycles. The molecule has 1 aromatic heterocycles. The van der Waals surface area contributed by atoms with Crippen molar-refractivity contribution >= 4 is 11.3 Å². The number of thiazole rings is 1. The summed E-state index contributed by atoms with van der Waals surface area (Å²) < 4.78 is 5.62. The van der Waals surface area contributed by atoms with E-state index >= 15 is 0 Å². The van der Waals surface area contributed by atoms with Gasteiger partial charge in [0.25, 0.3) is 0 Å². The Morgan fingerprint density at radius 2 is 2.19 bits per heavy atom. The molecule has 21 heavy (non-hydrogen) atoms. The number of piperidine rings is 1. The summed E-state index contributed by atoms with van der Waals surface area (Å²) in [4.78, 5) is 4.83. The Kier molecular flexibility index (Phi) is 4.88. The summed E-state index contributed by atoms with van der Waals surface area (Å²) in [5, 5.41) is 6.90. The maximum absolute atomic E-state index is 5.62. The Hall–Kier alpha value is -1.39. The first-order valence-electron chi connectivity index (χ1n) is 7.76. The molecule has 1 aliphatic rings. The Bertz CT molecular complexity index is 558. The molecule has 112 valence electrons. The monoisotopic (exact) mass is 302 g/mol. The molecule has 1 fully saturated rings. The molecule has 1 saturated heterocycles. The first-order valence-corrected chi connectivity index (χ1v) is 8.64. The lowest BCUT2D eigenvalue weighted by atomic mass is 10.0. The van der Waals surface area contributed by atoms with Gasteiger partial charge in [-0.1, -0.05) is 6.92 Å². The molecular formula is C17H22N2OS. The van der Waals surface area contributed by atoms with E-state index in [4.69, 9.17) is 9.72 Å². The van der Waals surface area contributed by atoms with Gasteiger partial charge in [0.15, 0.2) is 0 Å². The highest BCUT2D eigenvalue weighted by atomic mass is 32.1. The molecule has 3 rings (SSSR count). The summed E-state index contributed by atoms with van der Waals surface area (Å²) in [5.74, 6) is 1.53. The summed E-state index contributed by atoms with van der Waals surface area (Å²) in [6, 6.07) is 8.27. The van der Waals surface area contributed by atoms with E-state index in [9.17, 15) is 0 Å². The number of rotatable bonds is 5. The number of nitrogens with one attached hydrogen (secondary N) is 1. The number of nitrogens with zero attached hydrogens (tertiary/aromatic N) is 1. The van der Waals surface area contributed by atoms with Crippen LogP contribution in [-0.2, 0) is 0 Å². The third-order valence-corrected chi connectivity index (χ3v) is 4.80. The van der Waals surface area contributed by atoms with Crippen LogP contribution in [0.3, 0.4) is 0 Å². The van der Waals surface area contributed by atoms with Gasteiger partial charge in [0.1, 0.15) is 5.75 Å². The highest BCUT2D eigenvalue weighted by Gasteiger charge is 2.18. The van der Waals surface area contributed by atoms with E-state index in [2.05, 4.69) is 29.8 Å². The highest BCUT2D eigenvalue weighted by Crippen LogP contribution is 2.30. The number of ether oxygens (including phenoxy) is 1. The van der Waals surface area contributed by atoms with Crippen LogP contribution in [0.15, 0.2) is 29.6 Å². The molecular weight excluding hydrogens is 280 g/mol. The first kappa shape index (κ1) is 14.5. The number of hydrogen-bond donors (Lipinski definition) is 1. The van der Waals surface area contributed by atoms with Gasteiger partial charge in [0.2, 0.25) is 0 Å². The van der Waals surface area contributed by atoms with Crippen LogP contribution in [0.25, 0.3) is 11.3 Å². The largest absolute Gasteiger partial charge is 0.494 e. The SMILES string of the molecule is CCCOc1ccc(-c2csc(C3CCCNC3)n2)cc1. The minimum absolute atomic E-state index is 0.588. The minimum Gasteiger partial charge on any atom is -0.494 e. The summed E-state index contributed by atoms with van der Waals surface area (Å²) in [7, 11) is 0. The molecule has 0 aliphatic carbocycles. The predicted octanol–water partition coefficient (Wildman–Crippen LogP) is 4.07. The molecule has 2 heterocycles. The molecule has 0 bridgehead atoms. The second kappa shape index (κ2) is 7.05. The van der Waals surface area contributed by atoms with Crippen molar-refractivity contribution in [2.24, 2.45) is 0 Å². The third kappa shape index (κ3) is 3.63. The van der Waals surface area contributed by atoms with E-state index in [-0.39, 0.29) is 0 Å². The molecule has 1 aromatic carbocycles. The van der Waals surface area contributed by atoms with Crippen LogP contribution < -0.4 is 10.1 Å². The lowest BCUT2D eigenvalue weighted by Gasteiger charge is -2.20. The van der Waals surface area contributed by atoms with Gasteiger partial charge in [-0.3, -0.25) is 0 Å². The summed E-state index contributed by atoms with van der Waals surface area (Å²) in [5.41, 5.74) is 2.26. The van der Waals surface area contributed by atoms with Crippen LogP contribution in [0.2, 0.25) is 0 Å². The van der Waals surface area contributed by atoms with Crippen molar-refractivity contribution in [1.29, 1.82) is 0 Å². The van der Waals surface area contributed by atoms with E-state index in [1.807, 2.05) is 12.1 Å². The van der Waals surface area contributed by atoms with Crippen molar-refractivity contribution in [3.63, 3.8) is 0 Å². The average Bonchev–Trinajstić information content (AvgIpc) is 3.04. The second-order valence-corrected chi connectivity index (χ2v) is 6.38. The van der Waals surface area contributed by atoms with Crippen LogP contribution >= 0.6 is 11.3 Å². The zero-order valence-corrected chi connectivity index (χ0v) is 13.3. The van der Waals surface area contributed by atoms with Gasteiger partial charge in [-0.15, -0.1) is 11.3 Å². The molecule has 1 unspecified atom stereocenters. The maximum atomic E-state index is 5.62. The van der Waals surface area contributed by atoms with Crippen molar-refractivity contribution in [3.05, 3.63) is 34.7 Å². The van der Waals surface area contributed by atoms with Gasteiger partial charge in [0.05, 0.1) is 17.3 Å². The van der Waals surface area contributed by atoms with Crippen molar-refractivity contribution < 1.29 is 4.74 Å². The number of aromatic nitrogens is 1. The van der Waals surface area contributed by atoms with E-state index in [0.717, 1.165) is 37.6 Å². The smallest absolute Gasteiger partial charge is 0.119 e. The molecule has 0 radical (unpaired) electrons. The fourth-order valence-electron chi connectivity index (χ4n) is 2.61. The van der Waals surface area contributed by atoms with Crippen molar-refractivity contribution in [1.82, 2.24) is 10.3 Å². The molecule has 0 saturated carbocycles. The van der Waals surface area contributed by atoms with E-state index in [1.165, 1.54) is 23.4 Å². The van der Waals surface area contributed by atoms with E-state index in [1.54, 1.807) is 11.3 Å². The number of benzene rings is 1. The topological polar surface area (TPSA) is 34.1 Å². The molecule has 4 heteroatoms. The second-order valence-electron chi connectivity index (χ2n) is 5.49. The van der Waals surface area contributed by atoms with Gasteiger partial charge in [-0.05, 0) is 50.1 Å². The Morgan fingerprint density at radius 1 is 1.33 bits per heavy atom. The van der Waals surface area contributed by atoms with E-state index < -0.39 is 0 Å². The standard InChI is InChI=1S/C17H22N2OS/c1-2-10-20-15-7-5-13(6-8-15)16-12-21-17(19-16)14-4-3-9-18-11-14/h5-8,12,14,18H,2-4,9-11H2,1H3. The quantitative estimate of drug-likeness (QED) is 0.904. The molecule has 3 nitrogen and oxygen atoms in total. The van der Waals surface area contributed by atoms with Crippen molar-refractivity contribution in [2.75, 3.05) is 19.7 Å². The molecule has 0 amide bonds. The third-order valence-electron chi connectivity index (χ3n) is 3.79. The zero-order chi connectivity index (χ0) is 14.5. The first-order chi connectivity index (χ1) is 10.4. The van der Waals surface area contributed by atoms with Gasteiger partial charge in [0, 0.05) is 23.4 Å². The summed E-state index contributed by atoms with van der Waals surface area (Å²) in [6.07, 6.45) is 3.54. The molecule has 1 N–H and O–H groups in total. The Morgan fingerprint density at radius 3 is 2.90 bits per heavy atom. The average molecular weight is 302 g/mol. The van der Waals surface area contributed by atoms with Crippen molar-refractivity contribution in [2.45, 2.75) is 32.1 Å². The Balaban J connectivity index is 1.70. The fourth-order valence-corrected chi connectivity index (χ4v) is 3.58.